The molecule has 4 heteroatoms. The number of rotatable bonds is 3. The first-order valence-electron chi connectivity index (χ1n) is 9.05. The largest absolute Gasteiger partial charge is 0.444 e. The first-order valence-corrected chi connectivity index (χ1v) is 9.05. The predicted octanol–water partition coefficient (Wildman–Crippen LogP) is 3.80. The second-order valence-corrected chi connectivity index (χ2v) is 8.34. The maximum atomic E-state index is 12.3. The van der Waals surface area contributed by atoms with Crippen molar-refractivity contribution in [3.8, 4) is 0 Å². The maximum Gasteiger partial charge on any atom is 0.410 e. The highest BCUT2D eigenvalue weighted by molar-refractivity contribution is 5.68. The minimum atomic E-state index is -0.414. The quantitative estimate of drug-likeness (QED) is 0.862. The van der Waals surface area contributed by atoms with Crippen molar-refractivity contribution in [2.75, 3.05) is 19.6 Å². The van der Waals surface area contributed by atoms with Gasteiger partial charge in [0.25, 0.3) is 0 Å². The number of amides is 1. The van der Waals surface area contributed by atoms with Crippen LogP contribution in [0, 0.1) is 11.8 Å². The Bertz CT molecular complexity index is 359. The van der Waals surface area contributed by atoms with Crippen LogP contribution in [0.5, 0.6) is 0 Å². The number of carbonyl (C=O) groups excluding carboxylic acids is 1. The molecule has 1 aliphatic heterocycles. The summed E-state index contributed by atoms with van der Waals surface area (Å²) < 4.78 is 5.53. The third-order valence-electron chi connectivity index (χ3n) is 4.73. The Hall–Kier alpha value is -0.770. The number of carbonyl (C=O) groups is 1. The van der Waals surface area contributed by atoms with E-state index < -0.39 is 5.60 Å². The smallest absolute Gasteiger partial charge is 0.410 e. The molecule has 1 N–H and O–H groups in total. The zero-order valence-electron chi connectivity index (χ0n) is 14.9. The lowest BCUT2D eigenvalue weighted by atomic mass is 9.88. The van der Waals surface area contributed by atoms with Crippen LogP contribution in [0.1, 0.15) is 66.2 Å². The van der Waals surface area contributed by atoms with Crippen molar-refractivity contribution < 1.29 is 9.53 Å². The van der Waals surface area contributed by atoms with Crippen LogP contribution < -0.4 is 5.32 Å². The number of hydrogen-bond donors (Lipinski definition) is 1. The van der Waals surface area contributed by atoms with Crippen LogP contribution in [0.25, 0.3) is 0 Å². The number of likely N-dealkylation sites (tertiary alicyclic amines) is 1. The first kappa shape index (κ1) is 17.6. The average Bonchev–Trinajstić information content (AvgIpc) is 2.44. The highest BCUT2D eigenvalue weighted by Gasteiger charge is 2.30. The van der Waals surface area contributed by atoms with Gasteiger partial charge in [-0.25, -0.2) is 4.79 Å². The number of ether oxygens (including phenoxy) is 1. The SMILES string of the molecule is CC1CC(NCC2CCCCC2)CN(C(=O)OC(C)(C)C)C1. The topological polar surface area (TPSA) is 41.6 Å². The zero-order valence-corrected chi connectivity index (χ0v) is 14.9. The molecule has 0 aromatic heterocycles. The Morgan fingerprint density at radius 3 is 2.50 bits per heavy atom. The van der Waals surface area contributed by atoms with Gasteiger partial charge in [-0.05, 0) is 58.4 Å². The normalized spacial score (nSPS) is 27.7. The predicted molar refractivity (Wildman–Crippen MR) is 90.0 cm³/mol. The van der Waals surface area contributed by atoms with Crippen LogP contribution in [0.15, 0.2) is 0 Å². The molecular weight excluding hydrogens is 276 g/mol. The Labute approximate surface area is 136 Å². The third kappa shape index (κ3) is 5.79. The molecular formula is C18H34N2O2. The van der Waals surface area contributed by atoms with Crippen LogP contribution in [0.4, 0.5) is 4.79 Å². The van der Waals surface area contributed by atoms with Crippen molar-refractivity contribution in [1.29, 1.82) is 0 Å². The zero-order chi connectivity index (χ0) is 16.2. The molecule has 1 heterocycles. The standard InChI is InChI=1S/C18H34N2O2/c1-14-10-16(19-11-15-8-6-5-7-9-15)13-20(12-14)17(21)22-18(2,3)4/h14-16,19H,5-13H2,1-4H3. The molecule has 2 unspecified atom stereocenters. The highest BCUT2D eigenvalue weighted by Crippen LogP contribution is 2.24. The van der Waals surface area contributed by atoms with Gasteiger partial charge in [0.05, 0.1) is 0 Å². The Kier molecular flexibility index (Phi) is 6.13. The number of nitrogens with zero attached hydrogens (tertiary/aromatic N) is 1. The van der Waals surface area contributed by atoms with E-state index in [0.29, 0.717) is 12.0 Å². The van der Waals surface area contributed by atoms with Gasteiger partial charge in [0, 0.05) is 19.1 Å². The molecule has 1 amide bonds. The molecule has 4 nitrogen and oxygen atoms in total. The molecule has 1 saturated heterocycles. The lowest BCUT2D eigenvalue weighted by Gasteiger charge is -2.38. The van der Waals surface area contributed by atoms with Crippen molar-refractivity contribution in [2.45, 2.75) is 77.9 Å². The monoisotopic (exact) mass is 310 g/mol. The molecule has 0 bridgehead atoms. The van der Waals surface area contributed by atoms with E-state index in [2.05, 4.69) is 12.2 Å². The summed E-state index contributed by atoms with van der Waals surface area (Å²) in [6, 6.07) is 0.415. The maximum absolute atomic E-state index is 12.3. The van der Waals surface area contributed by atoms with E-state index in [1.165, 1.54) is 32.1 Å². The minimum absolute atomic E-state index is 0.163. The van der Waals surface area contributed by atoms with E-state index in [0.717, 1.165) is 32.0 Å². The lowest BCUT2D eigenvalue weighted by Crippen LogP contribution is -2.52. The highest BCUT2D eigenvalue weighted by atomic mass is 16.6. The van der Waals surface area contributed by atoms with Gasteiger partial charge in [-0.1, -0.05) is 26.2 Å². The fourth-order valence-corrected chi connectivity index (χ4v) is 3.70. The Balaban J connectivity index is 1.80. The van der Waals surface area contributed by atoms with E-state index >= 15 is 0 Å². The summed E-state index contributed by atoms with van der Waals surface area (Å²) in [4.78, 5) is 14.2. The average molecular weight is 310 g/mol. The minimum Gasteiger partial charge on any atom is -0.444 e. The van der Waals surface area contributed by atoms with Gasteiger partial charge in [-0.15, -0.1) is 0 Å². The van der Waals surface area contributed by atoms with Gasteiger partial charge in [0.15, 0.2) is 0 Å². The van der Waals surface area contributed by atoms with Gasteiger partial charge in [0.2, 0.25) is 0 Å². The summed E-state index contributed by atoms with van der Waals surface area (Å²) in [5.41, 5.74) is -0.414. The van der Waals surface area contributed by atoms with E-state index in [1.54, 1.807) is 0 Å². The van der Waals surface area contributed by atoms with E-state index in [-0.39, 0.29) is 6.09 Å². The number of nitrogens with one attached hydrogen (secondary N) is 1. The molecule has 2 fully saturated rings. The fraction of sp³-hybridized carbons (Fsp3) is 0.944. The number of piperidine rings is 1. The summed E-state index contributed by atoms with van der Waals surface area (Å²) in [5, 5.41) is 3.72. The molecule has 0 radical (unpaired) electrons. The molecule has 22 heavy (non-hydrogen) atoms. The van der Waals surface area contributed by atoms with Crippen molar-refractivity contribution in [3.63, 3.8) is 0 Å². The van der Waals surface area contributed by atoms with Crippen molar-refractivity contribution in [1.82, 2.24) is 10.2 Å². The van der Waals surface area contributed by atoms with Gasteiger partial charge in [0.1, 0.15) is 5.60 Å². The van der Waals surface area contributed by atoms with E-state index in [9.17, 15) is 4.79 Å². The molecule has 0 aromatic rings. The van der Waals surface area contributed by atoms with Crippen molar-refractivity contribution >= 4 is 6.09 Å². The summed E-state index contributed by atoms with van der Waals surface area (Å²) in [6.07, 6.45) is 7.91. The molecule has 0 aromatic carbocycles. The molecule has 2 aliphatic rings. The van der Waals surface area contributed by atoms with Crippen LogP contribution in [-0.2, 0) is 4.74 Å². The Morgan fingerprint density at radius 2 is 1.86 bits per heavy atom. The fourth-order valence-electron chi connectivity index (χ4n) is 3.70. The van der Waals surface area contributed by atoms with Crippen molar-refractivity contribution in [2.24, 2.45) is 11.8 Å². The van der Waals surface area contributed by atoms with Crippen molar-refractivity contribution in [3.05, 3.63) is 0 Å². The molecule has 128 valence electrons. The molecule has 1 aliphatic carbocycles. The van der Waals surface area contributed by atoms with Crippen LogP contribution in [0.3, 0.4) is 0 Å². The van der Waals surface area contributed by atoms with E-state index in [4.69, 9.17) is 4.74 Å². The van der Waals surface area contributed by atoms with Gasteiger partial charge in [-0.3, -0.25) is 0 Å². The van der Waals surface area contributed by atoms with Crippen LogP contribution in [-0.4, -0.2) is 42.3 Å². The molecule has 1 saturated carbocycles. The van der Waals surface area contributed by atoms with Gasteiger partial charge >= 0.3 is 6.09 Å². The van der Waals surface area contributed by atoms with Gasteiger partial charge in [-0.2, -0.15) is 0 Å². The second kappa shape index (κ2) is 7.67. The first-order chi connectivity index (χ1) is 10.3. The van der Waals surface area contributed by atoms with Gasteiger partial charge < -0.3 is 15.0 Å². The number of hydrogen-bond acceptors (Lipinski definition) is 3. The third-order valence-corrected chi connectivity index (χ3v) is 4.73. The molecule has 0 spiro atoms. The van der Waals surface area contributed by atoms with Crippen LogP contribution in [0.2, 0.25) is 0 Å². The Morgan fingerprint density at radius 1 is 1.18 bits per heavy atom. The summed E-state index contributed by atoms with van der Waals surface area (Å²) in [6.45, 7) is 10.7. The summed E-state index contributed by atoms with van der Waals surface area (Å²) in [5.74, 6) is 1.37. The van der Waals surface area contributed by atoms with E-state index in [1.807, 2.05) is 25.7 Å². The molecule has 2 rings (SSSR count). The second-order valence-electron chi connectivity index (χ2n) is 8.34. The molecule has 2 atom stereocenters. The lowest BCUT2D eigenvalue weighted by molar-refractivity contribution is 0.0135. The summed E-state index contributed by atoms with van der Waals surface area (Å²) >= 11 is 0. The summed E-state index contributed by atoms with van der Waals surface area (Å²) in [7, 11) is 0. The van der Waals surface area contributed by atoms with Crippen LogP contribution >= 0.6 is 0 Å².